The van der Waals surface area contributed by atoms with Crippen molar-refractivity contribution in [3.63, 3.8) is 0 Å². The van der Waals surface area contributed by atoms with Gasteiger partial charge in [-0.15, -0.1) is 0 Å². The third kappa shape index (κ3) is 2.92. The van der Waals surface area contributed by atoms with Crippen LogP contribution in [0.3, 0.4) is 0 Å². The van der Waals surface area contributed by atoms with Gasteiger partial charge in [-0.2, -0.15) is 0 Å². The van der Waals surface area contributed by atoms with E-state index in [1.54, 1.807) is 12.3 Å². The third-order valence-corrected chi connectivity index (χ3v) is 3.50. The van der Waals surface area contributed by atoms with Crippen LogP contribution in [0.15, 0.2) is 34.9 Å². The minimum absolute atomic E-state index is 0.498. The molecule has 88 valence electrons. The van der Waals surface area contributed by atoms with Crippen molar-refractivity contribution >= 4 is 50.6 Å². The number of hydrogen-bond donors (Lipinski definition) is 1. The van der Waals surface area contributed by atoms with Crippen LogP contribution < -0.4 is 5.32 Å². The van der Waals surface area contributed by atoms with Crippen molar-refractivity contribution in [1.29, 1.82) is 0 Å². The Morgan fingerprint density at radius 2 is 2.06 bits per heavy atom. The molecule has 0 aliphatic rings. The van der Waals surface area contributed by atoms with E-state index in [0.29, 0.717) is 10.0 Å². The van der Waals surface area contributed by atoms with Gasteiger partial charge in [0.25, 0.3) is 0 Å². The van der Waals surface area contributed by atoms with E-state index in [-0.39, 0.29) is 0 Å². The fraction of sp³-hybridized carbons (Fsp3) is 0.0833. The molecule has 0 saturated heterocycles. The predicted molar refractivity (Wildman–Crippen MR) is 76.4 cm³/mol. The summed E-state index contributed by atoms with van der Waals surface area (Å²) in [5.74, 6) is 0.761. The number of benzene rings is 1. The Balaban J connectivity index is 2.35. The molecule has 2 rings (SSSR count). The molecule has 0 aliphatic carbocycles. The molecule has 17 heavy (non-hydrogen) atoms. The summed E-state index contributed by atoms with van der Waals surface area (Å²) >= 11 is 15.4. The van der Waals surface area contributed by atoms with Crippen LogP contribution in [0, 0.1) is 6.92 Å². The smallest absolute Gasteiger partial charge is 0.133 e. The number of anilines is 2. The summed E-state index contributed by atoms with van der Waals surface area (Å²) in [6.07, 6.45) is 1.73. The summed E-state index contributed by atoms with van der Waals surface area (Å²) in [6.45, 7) is 1.97. The zero-order valence-corrected chi connectivity index (χ0v) is 12.1. The van der Waals surface area contributed by atoms with E-state index in [0.717, 1.165) is 21.5 Å². The van der Waals surface area contributed by atoms with Crippen LogP contribution in [0.1, 0.15) is 5.56 Å². The summed E-state index contributed by atoms with van der Waals surface area (Å²) < 4.78 is 0.942. The van der Waals surface area contributed by atoms with E-state index in [1.165, 1.54) is 0 Å². The van der Waals surface area contributed by atoms with E-state index in [1.807, 2.05) is 25.1 Å². The van der Waals surface area contributed by atoms with E-state index in [9.17, 15) is 0 Å². The molecular weight excluding hydrogens is 323 g/mol. The first-order chi connectivity index (χ1) is 8.08. The average Bonchev–Trinajstić information content (AvgIpc) is 2.28. The number of aryl methyl sites for hydroxylation is 1. The van der Waals surface area contributed by atoms with Crippen LogP contribution >= 0.6 is 39.1 Å². The predicted octanol–water partition coefficient (Wildman–Crippen LogP) is 5.20. The number of halogens is 3. The minimum atomic E-state index is 0.498. The van der Waals surface area contributed by atoms with E-state index < -0.39 is 0 Å². The molecule has 1 N–H and O–H groups in total. The Labute approximate surface area is 118 Å². The molecule has 0 bridgehead atoms. The molecular formula is C12H9BrCl2N2. The standard InChI is InChI=1S/C12H9BrCl2N2/c1-7-5-8(13)6-16-12(7)17-10-4-2-3-9(14)11(10)15/h2-6H,1H3,(H,16,17). The van der Waals surface area contributed by atoms with Gasteiger partial charge in [0.15, 0.2) is 0 Å². The van der Waals surface area contributed by atoms with Gasteiger partial charge in [-0.1, -0.05) is 29.3 Å². The lowest BCUT2D eigenvalue weighted by atomic mass is 10.2. The summed E-state index contributed by atoms with van der Waals surface area (Å²) in [4.78, 5) is 4.28. The van der Waals surface area contributed by atoms with Crippen molar-refractivity contribution in [3.8, 4) is 0 Å². The minimum Gasteiger partial charge on any atom is -0.339 e. The van der Waals surface area contributed by atoms with Gasteiger partial charge >= 0.3 is 0 Å². The highest BCUT2D eigenvalue weighted by molar-refractivity contribution is 9.10. The average molecular weight is 332 g/mol. The second kappa shape index (κ2) is 5.25. The highest BCUT2D eigenvalue weighted by Gasteiger charge is 2.06. The molecule has 1 aromatic heterocycles. The van der Waals surface area contributed by atoms with Crippen LogP contribution in [0.2, 0.25) is 10.0 Å². The lowest BCUT2D eigenvalue weighted by molar-refractivity contribution is 1.24. The normalized spacial score (nSPS) is 10.4. The number of hydrogen-bond acceptors (Lipinski definition) is 2. The topological polar surface area (TPSA) is 24.9 Å². The van der Waals surface area contributed by atoms with Crippen LogP contribution in [0.4, 0.5) is 11.5 Å². The molecule has 1 aromatic carbocycles. The number of nitrogens with one attached hydrogen (secondary N) is 1. The Morgan fingerprint density at radius 1 is 1.29 bits per heavy atom. The molecule has 2 nitrogen and oxygen atoms in total. The summed E-state index contributed by atoms with van der Waals surface area (Å²) in [5.41, 5.74) is 1.77. The van der Waals surface area contributed by atoms with Crippen LogP contribution in [0.25, 0.3) is 0 Å². The van der Waals surface area contributed by atoms with Gasteiger partial charge in [-0.25, -0.2) is 4.98 Å². The fourth-order valence-electron chi connectivity index (χ4n) is 1.40. The van der Waals surface area contributed by atoms with Gasteiger partial charge in [-0.05, 0) is 46.6 Å². The zero-order chi connectivity index (χ0) is 12.4. The van der Waals surface area contributed by atoms with Gasteiger partial charge in [0.2, 0.25) is 0 Å². The maximum atomic E-state index is 6.10. The number of pyridine rings is 1. The first-order valence-corrected chi connectivity index (χ1v) is 6.46. The first-order valence-electron chi connectivity index (χ1n) is 4.91. The van der Waals surface area contributed by atoms with Crippen molar-refractivity contribution in [2.24, 2.45) is 0 Å². The van der Waals surface area contributed by atoms with Crippen molar-refractivity contribution in [2.75, 3.05) is 5.32 Å². The second-order valence-electron chi connectivity index (χ2n) is 3.55. The zero-order valence-electron chi connectivity index (χ0n) is 8.97. The number of nitrogens with zero attached hydrogens (tertiary/aromatic N) is 1. The third-order valence-electron chi connectivity index (χ3n) is 2.25. The van der Waals surface area contributed by atoms with E-state index in [4.69, 9.17) is 23.2 Å². The lowest BCUT2D eigenvalue weighted by Crippen LogP contribution is -1.97. The monoisotopic (exact) mass is 330 g/mol. The SMILES string of the molecule is Cc1cc(Br)cnc1Nc1cccc(Cl)c1Cl. The van der Waals surface area contributed by atoms with Crippen molar-refractivity contribution in [3.05, 3.63) is 50.5 Å². The van der Waals surface area contributed by atoms with Gasteiger partial charge in [-0.3, -0.25) is 0 Å². The molecule has 0 saturated carbocycles. The molecule has 0 unspecified atom stereocenters. The van der Waals surface area contributed by atoms with Gasteiger partial charge in [0, 0.05) is 10.7 Å². The van der Waals surface area contributed by atoms with Crippen molar-refractivity contribution in [2.45, 2.75) is 6.92 Å². The molecule has 0 radical (unpaired) electrons. The quantitative estimate of drug-likeness (QED) is 0.817. The van der Waals surface area contributed by atoms with Gasteiger partial charge < -0.3 is 5.32 Å². The Kier molecular flexibility index (Phi) is 3.92. The van der Waals surface area contributed by atoms with Crippen molar-refractivity contribution in [1.82, 2.24) is 4.98 Å². The number of rotatable bonds is 2. The van der Waals surface area contributed by atoms with Gasteiger partial charge in [0.1, 0.15) is 5.82 Å². The maximum absolute atomic E-state index is 6.10. The van der Waals surface area contributed by atoms with Crippen molar-refractivity contribution < 1.29 is 0 Å². The molecule has 0 atom stereocenters. The lowest BCUT2D eigenvalue weighted by Gasteiger charge is -2.10. The molecule has 0 aliphatic heterocycles. The molecule has 5 heteroatoms. The van der Waals surface area contributed by atoms with Gasteiger partial charge in [0.05, 0.1) is 15.7 Å². The van der Waals surface area contributed by atoms with Crippen LogP contribution in [0.5, 0.6) is 0 Å². The Bertz CT molecular complexity index is 558. The Hall–Kier alpha value is -0.770. The van der Waals surface area contributed by atoms with E-state index >= 15 is 0 Å². The highest BCUT2D eigenvalue weighted by Crippen LogP contribution is 2.32. The highest BCUT2D eigenvalue weighted by atomic mass is 79.9. The first kappa shape index (κ1) is 12.7. The molecule has 1 heterocycles. The fourth-order valence-corrected chi connectivity index (χ4v) is 2.19. The molecule has 0 amide bonds. The van der Waals surface area contributed by atoms with Crippen LogP contribution in [-0.2, 0) is 0 Å². The summed E-state index contributed by atoms with van der Waals surface area (Å²) in [7, 11) is 0. The van der Waals surface area contributed by atoms with E-state index in [2.05, 4.69) is 26.2 Å². The molecule has 0 fully saturated rings. The summed E-state index contributed by atoms with van der Waals surface area (Å²) in [5, 5.41) is 4.18. The number of aromatic nitrogens is 1. The van der Waals surface area contributed by atoms with Crippen LogP contribution in [-0.4, -0.2) is 4.98 Å². The summed E-state index contributed by atoms with van der Waals surface area (Å²) in [6, 6.07) is 7.42. The largest absolute Gasteiger partial charge is 0.339 e. The molecule has 0 spiro atoms. The second-order valence-corrected chi connectivity index (χ2v) is 5.25. The Morgan fingerprint density at radius 3 is 2.76 bits per heavy atom. The maximum Gasteiger partial charge on any atom is 0.133 e. The molecule has 2 aromatic rings.